The summed E-state index contributed by atoms with van der Waals surface area (Å²) in [5.74, 6) is 1.79. The SMILES string of the molecule is CCCCCCCCCCCCCCCCCc1nc2ccccc2c2nc(-c3ccccc3)nn12. The molecule has 0 amide bonds. The van der Waals surface area contributed by atoms with E-state index in [1.165, 1.54) is 89.9 Å². The molecule has 0 unspecified atom stereocenters. The van der Waals surface area contributed by atoms with E-state index in [0.29, 0.717) is 0 Å². The van der Waals surface area contributed by atoms with Crippen LogP contribution in [0.1, 0.15) is 109 Å². The smallest absolute Gasteiger partial charge is 0.182 e. The molecule has 0 aliphatic rings. The number of rotatable bonds is 17. The summed E-state index contributed by atoms with van der Waals surface area (Å²) in [6.45, 7) is 2.29. The van der Waals surface area contributed by atoms with E-state index >= 15 is 0 Å². The third kappa shape index (κ3) is 7.62. The number of para-hydroxylation sites is 1. The van der Waals surface area contributed by atoms with Gasteiger partial charge in [0.2, 0.25) is 0 Å². The number of hydrogen-bond donors (Lipinski definition) is 0. The number of hydrogen-bond acceptors (Lipinski definition) is 3. The Labute approximate surface area is 217 Å². The Morgan fingerprint density at radius 2 is 1.14 bits per heavy atom. The molecule has 0 N–H and O–H groups in total. The van der Waals surface area contributed by atoms with Crippen molar-refractivity contribution < 1.29 is 0 Å². The first-order valence-corrected chi connectivity index (χ1v) is 14.6. The molecule has 0 atom stereocenters. The summed E-state index contributed by atoms with van der Waals surface area (Å²) >= 11 is 0. The van der Waals surface area contributed by atoms with Gasteiger partial charge >= 0.3 is 0 Å². The third-order valence-electron chi connectivity index (χ3n) is 7.28. The van der Waals surface area contributed by atoms with Crippen molar-refractivity contribution in [2.24, 2.45) is 0 Å². The number of nitrogens with zero attached hydrogens (tertiary/aromatic N) is 4. The second-order valence-electron chi connectivity index (χ2n) is 10.3. The van der Waals surface area contributed by atoms with Crippen LogP contribution in [-0.2, 0) is 6.42 Å². The van der Waals surface area contributed by atoms with Crippen molar-refractivity contribution in [1.29, 1.82) is 0 Å². The molecule has 0 aliphatic carbocycles. The molecule has 0 bridgehead atoms. The Kier molecular flexibility index (Phi) is 10.8. The fourth-order valence-electron chi connectivity index (χ4n) is 5.14. The number of aryl methyl sites for hydroxylation is 1. The van der Waals surface area contributed by atoms with Gasteiger partial charge in [-0.25, -0.2) is 9.97 Å². The predicted molar refractivity (Wildman–Crippen MR) is 152 cm³/mol. The molecule has 4 rings (SSSR count). The number of aromatic nitrogens is 4. The first kappa shape index (κ1) is 26.3. The molecule has 2 aromatic heterocycles. The minimum absolute atomic E-state index is 0.770. The van der Waals surface area contributed by atoms with Crippen LogP contribution in [-0.4, -0.2) is 19.6 Å². The van der Waals surface area contributed by atoms with E-state index in [2.05, 4.69) is 43.3 Å². The van der Waals surface area contributed by atoms with Gasteiger partial charge in [-0.2, -0.15) is 4.52 Å². The van der Waals surface area contributed by atoms with Crippen molar-refractivity contribution >= 4 is 16.6 Å². The van der Waals surface area contributed by atoms with E-state index in [4.69, 9.17) is 15.1 Å². The zero-order chi connectivity index (χ0) is 24.8. The molecule has 0 saturated carbocycles. The second-order valence-corrected chi connectivity index (χ2v) is 10.3. The molecule has 2 heterocycles. The van der Waals surface area contributed by atoms with E-state index < -0.39 is 0 Å². The lowest BCUT2D eigenvalue weighted by molar-refractivity contribution is 0.531. The Balaban J connectivity index is 1.19. The number of fused-ring (bicyclic) bond motifs is 3. The van der Waals surface area contributed by atoms with Crippen LogP contribution in [0.3, 0.4) is 0 Å². The highest BCUT2D eigenvalue weighted by Gasteiger charge is 2.14. The molecule has 4 nitrogen and oxygen atoms in total. The van der Waals surface area contributed by atoms with Gasteiger partial charge in [0.05, 0.1) is 5.52 Å². The molecule has 4 heteroatoms. The lowest BCUT2D eigenvalue weighted by atomic mass is 10.0. The Hall–Kier alpha value is -2.75. The van der Waals surface area contributed by atoms with Crippen LogP contribution in [0.25, 0.3) is 27.9 Å². The van der Waals surface area contributed by atoms with Crippen LogP contribution in [0.15, 0.2) is 54.6 Å². The van der Waals surface area contributed by atoms with Crippen molar-refractivity contribution in [2.45, 2.75) is 110 Å². The molecule has 36 heavy (non-hydrogen) atoms. The first-order chi connectivity index (χ1) is 17.9. The van der Waals surface area contributed by atoms with Gasteiger partial charge in [0.25, 0.3) is 0 Å². The second kappa shape index (κ2) is 14.7. The number of unbranched alkanes of at least 4 members (excludes halogenated alkanes) is 14. The molecular weight excluding hydrogens is 440 g/mol. The molecule has 0 fully saturated rings. The van der Waals surface area contributed by atoms with E-state index in [1.807, 2.05) is 22.7 Å². The van der Waals surface area contributed by atoms with Crippen LogP contribution < -0.4 is 0 Å². The monoisotopic (exact) mass is 484 g/mol. The molecule has 192 valence electrons. The Bertz CT molecular complexity index is 1160. The van der Waals surface area contributed by atoms with E-state index in [9.17, 15) is 0 Å². The molecule has 2 aromatic carbocycles. The maximum absolute atomic E-state index is 4.97. The van der Waals surface area contributed by atoms with E-state index in [1.54, 1.807) is 0 Å². The Morgan fingerprint density at radius 1 is 0.583 bits per heavy atom. The minimum Gasteiger partial charge on any atom is -0.233 e. The van der Waals surface area contributed by atoms with Gasteiger partial charge in [-0.05, 0) is 18.6 Å². The maximum Gasteiger partial charge on any atom is 0.182 e. The van der Waals surface area contributed by atoms with Crippen LogP contribution in [0.2, 0.25) is 0 Å². The van der Waals surface area contributed by atoms with Crippen molar-refractivity contribution in [2.75, 3.05) is 0 Å². The van der Waals surface area contributed by atoms with Crippen molar-refractivity contribution in [3.8, 4) is 11.4 Å². The molecular formula is C32H44N4. The lowest BCUT2D eigenvalue weighted by Crippen LogP contribution is -2.04. The lowest BCUT2D eigenvalue weighted by Gasteiger charge is -2.07. The summed E-state index contributed by atoms with van der Waals surface area (Å²) in [4.78, 5) is 9.88. The maximum atomic E-state index is 4.97. The van der Waals surface area contributed by atoms with Gasteiger partial charge < -0.3 is 0 Å². The van der Waals surface area contributed by atoms with Gasteiger partial charge in [0.15, 0.2) is 11.5 Å². The molecule has 0 aliphatic heterocycles. The molecule has 0 spiro atoms. The van der Waals surface area contributed by atoms with Crippen LogP contribution >= 0.6 is 0 Å². The topological polar surface area (TPSA) is 43.1 Å². The van der Waals surface area contributed by atoms with Crippen molar-refractivity contribution in [1.82, 2.24) is 19.6 Å². The van der Waals surface area contributed by atoms with Crippen LogP contribution in [0, 0.1) is 0 Å². The minimum atomic E-state index is 0.770. The highest BCUT2D eigenvalue weighted by Crippen LogP contribution is 2.23. The summed E-state index contributed by atoms with van der Waals surface area (Å²) in [6, 6.07) is 18.5. The zero-order valence-corrected chi connectivity index (χ0v) is 22.3. The highest BCUT2D eigenvalue weighted by molar-refractivity contribution is 5.91. The van der Waals surface area contributed by atoms with Crippen molar-refractivity contribution in [3.63, 3.8) is 0 Å². The largest absolute Gasteiger partial charge is 0.233 e. The Morgan fingerprint density at radius 3 is 1.78 bits per heavy atom. The summed E-state index contributed by atoms with van der Waals surface area (Å²) in [6.07, 6.45) is 21.6. The average molecular weight is 485 g/mol. The zero-order valence-electron chi connectivity index (χ0n) is 22.3. The van der Waals surface area contributed by atoms with E-state index in [-0.39, 0.29) is 0 Å². The average Bonchev–Trinajstić information content (AvgIpc) is 3.37. The number of benzene rings is 2. The van der Waals surface area contributed by atoms with Crippen LogP contribution in [0.4, 0.5) is 0 Å². The summed E-state index contributed by atoms with van der Waals surface area (Å²) < 4.78 is 1.98. The fourth-order valence-corrected chi connectivity index (χ4v) is 5.14. The van der Waals surface area contributed by atoms with Gasteiger partial charge in [-0.15, -0.1) is 5.10 Å². The highest BCUT2D eigenvalue weighted by atomic mass is 15.3. The van der Waals surface area contributed by atoms with Gasteiger partial charge in [-0.1, -0.05) is 139 Å². The molecule has 0 saturated heterocycles. The van der Waals surface area contributed by atoms with Gasteiger partial charge in [0, 0.05) is 17.4 Å². The van der Waals surface area contributed by atoms with Gasteiger partial charge in [-0.3, -0.25) is 0 Å². The van der Waals surface area contributed by atoms with Gasteiger partial charge in [0.1, 0.15) is 5.82 Å². The van der Waals surface area contributed by atoms with E-state index in [0.717, 1.165) is 46.6 Å². The summed E-state index contributed by atoms with van der Waals surface area (Å²) in [7, 11) is 0. The van der Waals surface area contributed by atoms with Crippen molar-refractivity contribution in [3.05, 3.63) is 60.4 Å². The first-order valence-electron chi connectivity index (χ1n) is 14.6. The summed E-state index contributed by atoms with van der Waals surface area (Å²) in [5, 5.41) is 5.93. The summed E-state index contributed by atoms with van der Waals surface area (Å²) in [5.41, 5.74) is 2.96. The molecule has 4 aromatic rings. The van der Waals surface area contributed by atoms with Crippen LogP contribution in [0.5, 0.6) is 0 Å². The molecule has 0 radical (unpaired) electrons. The normalized spacial score (nSPS) is 11.6. The predicted octanol–water partition coefficient (Wildman–Crippen LogP) is 9.36. The fraction of sp³-hybridized carbons (Fsp3) is 0.531. The quantitative estimate of drug-likeness (QED) is 0.140. The standard InChI is InChI=1S/C32H44N4/c1-2-3-4-5-6-7-8-9-10-11-12-13-14-15-19-26-30-33-29-25-21-20-24-28(29)32-34-31(35-36(30)32)27-22-17-16-18-23-27/h16-18,20-25H,2-15,19,26H2,1H3. The third-order valence-corrected chi connectivity index (χ3v) is 7.28.